The topological polar surface area (TPSA) is 29.5 Å². The van der Waals surface area contributed by atoms with Crippen molar-refractivity contribution in [3.8, 4) is 17.6 Å². The molecule has 0 unspecified atom stereocenters. The molecule has 0 saturated heterocycles. The van der Waals surface area contributed by atoms with Gasteiger partial charge in [-0.05, 0) is 12.1 Å². The zero-order valence-electron chi connectivity index (χ0n) is 8.59. The van der Waals surface area contributed by atoms with Crippen LogP contribution in [0.15, 0.2) is 18.2 Å². The number of halogens is 1. The average molecular weight is 208 g/mol. The van der Waals surface area contributed by atoms with Gasteiger partial charge in [0.1, 0.15) is 23.7 Å². The molecule has 0 aliphatic carbocycles. The van der Waals surface area contributed by atoms with Crippen LogP contribution in [0, 0.1) is 17.7 Å². The van der Waals surface area contributed by atoms with E-state index in [0.29, 0.717) is 12.2 Å². The number of benzene rings is 1. The van der Waals surface area contributed by atoms with Crippen molar-refractivity contribution in [1.29, 1.82) is 0 Å². The predicted octanol–water partition coefficient (Wildman–Crippen LogP) is 1.96. The van der Waals surface area contributed by atoms with Gasteiger partial charge in [-0.3, -0.25) is 0 Å². The second-order valence-electron chi connectivity index (χ2n) is 2.84. The third-order valence-corrected chi connectivity index (χ3v) is 1.71. The van der Waals surface area contributed by atoms with E-state index in [0.717, 1.165) is 0 Å². The number of hydrogen-bond acceptors (Lipinski definition) is 2. The van der Waals surface area contributed by atoms with Gasteiger partial charge in [0.2, 0.25) is 0 Å². The Hall–Kier alpha value is -1.53. The van der Waals surface area contributed by atoms with Crippen LogP contribution in [0.25, 0.3) is 0 Å². The van der Waals surface area contributed by atoms with Gasteiger partial charge in [0.15, 0.2) is 0 Å². The van der Waals surface area contributed by atoms with Crippen LogP contribution >= 0.6 is 0 Å². The number of rotatable bonds is 3. The summed E-state index contributed by atoms with van der Waals surface area (Å²) in [4.78, 5) is 0. The van der Waals surface area contributed by atoms with Gasteiger partial charge in [-0.2, -0.15) is 0 Å². The van der Waals surface area contributed by atoms with Crippen molar-refractivity contribution in [1.82, 2.24) is 0 Å². The lowest BCUT2D eigenvalue weighted by Crippen LogP contribution is -2.03. The third kappa shape index (κ3) is 3.26. The van der Waals surface area contributed by atoms with Crippen molar-refractivity contribution in [3.05, 3.63) is 29.6 Å². The molecule has 0 fully saturated rings. The number of aliphatic hydroxyl groups is 1. The molecule has 1 N–H and O–H groups in total. The lowest BCUT2D eigenvalue weighted by molar-refractivity contribution is 0.200. The Morgan fingerprint density at radius 2 is 2.27 bits per heavy atom. The molecule has 0 aliphatic rings. The van der Waals surface area contributed by atoms with E-state index in [2.05, 4.69) is 11.8 Å². The fourth-order valence-corrected chi connectivity index (χ4v) is 1.08. The molecule has 0 aromatic heterocycles. The van der Waals surface area contributed by atoms with Crippen LogP contribution in [0.5, 0.6) is 5.75 Å². The molecular formula is C12H13FO2. The van der Waals surface area contributed by atoms with Crippen LogP contribution in [0.1, 0.15) is 18.9 Å². The minimum Gasteiger partial charge on any atom is -0.490 e. The lowest BCUT2D eigenvalue weighted by atomic mass is 10.2. The summed E-state index contributed by atoms with van der Waals surface area (Å²) < 4.78 is 18.5. The Balaban J connectivity index is 2.97. The summed E-state index contributed by atoms with van der Waals surface area (Å²) >= 11 is 0. The Morgan fingerprint density at radius 3 is 2.93 bits per heavy atom. The molecule has 0 bridgehead atoms. The number of aliphatic hydroxyl groups excluding tert-OH is 1. The van der Waals surface area contributed by atoms with Gasteiger partial charge >= 0.3 is 0 Å². The third-order valence-electron chi connectivity index (χ3n) is 1.71. The molecule has 0 radical (unpaired) electrons. The molecule has 0 spiro atoms. The van der Waals surface area contributed by atoms with Gasteiger partial charge in [-0.25, -0.2) is 4.39 Å². The normalized spacial score (nSPS) is 9.27. The smallest absolute Gasteiger partial charge is 0.142 e. The van der Waals surface area contributed by atoms with Crippen molar-refractivity contribution < 1.29 is 14.2 Å². The zero-order chi connectivity index (χ0) is 11.1. The molecule has 80 valence electrons. The van der Waals surface area contributed by atoms with Crippen molar-refractivity contribution in [3.63, 3.8) is 0 Å². The Bertz CT molecular complexity index is 377. The molecule has 2 nitrogen and oxygen atoms in total. The molecule has 0 aliphatic heterocycles. The van der Waals surface area contributed by atoms with E-state index >= 15 is 0 Å². The van der Waals surface area contributed by atoms with E-state index < -0.39 is 5.82 Å². The summed E-state index contributed by atoms with van der Waals surface area (Å²) in [5.74, 6) is 5.48. The molecule has 0 amide bonds. The van der Waals surface area contributed by atoms with E-state index in [1.54, 1.807) is 12.1 Å². The standard InChI is InChI=1S/C12H13FO2/c1-2-3-5-10-11(13)6-4-7-12(10)15-9-8-14/h4,6-7,14H,2,8-9H2,1H3. The van der Waals surface area contributed by atoms with E-state index in [1.165, 1.54) is 6.07 Å². The SMILES string of the molecule is CCC#Cc1c(F)cccc1OCCO. The second kappa shape index (κ2) is 6.05. The fraction of sp³-hybridized carbons (Fsp3) is 0.333. The molecule has 0 saturated carbocycles. The largest absolute Gasteiger partial charge is 0.490 e. The van der Waals surface area contributed by atoms with Gasteiger partial charge in [0.05, 0.1) is 6.61 Å². The average Bonchev–Trinajstić information content (AvgIpc) is 2.25. The van der Waals surface area contributed by atoms with Gasteiger partial charge in [-0.15, -0.1) is 0 Å². The maximum Gasteiger partial charge on any atom is 0.142 e. The Kier molecular flexibility index (Phi) is 4.65. The van der Waals surface area contributed by atoms with Gasteiger partial charge in [0, 0.05) is 6.42 Å². The summed E-state index contributed by atoms with van der Waals surface area (Å²) in [5.41, 5.74) is 0.257. The minimum absolute atomic E-state index is 0.100. The first-order valence-electron chi connectivity index (χ1n) is 4.80. The van der Waals surface area contributed by atoms with E-state index in [9.17, 15) is 4.39 Å². The molecule has 0 atom stereocenters. The highest BCUT2D eigenvalue weighted by Gasteiger charge is 2.06. The van der Waals surface area contributed by atoms with Crippen LogP contribution in [0.3, 0.4) is 0 Å². The van der Waals surface area contributed by atoms with E-state index in [1.807, 2.05) is 6.92 Å². The number of ether oxygens (including phenoxy) is 1. The van der Waals surface area contributed by atoms with Crippen LogP contribution in [0.4, 0.5) is 4.39 Å². The summed E-state index contributed by atoms with van der Waals surface area (Å²) in [6, 6.07) is 4.53. The van der Waals surface area contributed by atoms with E-state index in [-0.39, 0.29) is 18.8 Å². The molecular weight excluding hydrogens is 195 g/mol. The van der Waals surface area contributed by atoms with Crippen molar-refractivity contribution in [2.45, 2.75) is 13.3 Å². The van der Waals surface area contributed by atoms with Crippen LogP contribution in [-0.4, -0.2) is 18.3 Å². The highest BCUT2D eigenvalue weighted by atomic mass is 19.1. The highest BCUT2D eigenvalue weighted by molar-refractivity contribution is 5.46. The van der Waals surface area contributed by atoms with Crippen molar-refractivity contribution >= 4 is 0 Å². The van der Waals surface area contributed by atoms with Crippen LogP contribution < -0.4 is 4.74 Å². The maximum absolute atomic E-state index is 13.4. The van der Waals surface area contributed by atoms with Crippen molar-refractivity contribution in [2.75, 3.05) is 13.2 Å². The maximum atomic E-state index is 13.4. The molecule has 0 heterocycles. The number of hydrogen-bond donors (Lipinski definition) is 1. The summed E-state index contributed by atoms with van der Waals surface area (Å²) in [6.07, 6.45) is 0.660. The van der Waals surface area contributed by atoms with Crippen molar-refractivity contribution in [2.24, 2.45) is 0 Å². The van der Waals surface area contributed by atoms with Gasteiger partial charge in [0.25, 0.3) is 0 Å². The van der Waals surface area contributed by atoms with Gasteiger partial charge in [-0.1, -0.05) is 24.8 Å². The lowest BCUT2D eigenvalue weighted by Gasteiger charge is -2.06. The predicted molar refractivity (Wildman–Crippen MR) is 56.1 cm³/mol. The summed E-state index contributed by atoms with van der Waals surface area (Å²) in [6.45, 7) is 1.93. The second-order valence-corrected chi connectivity index (χ2v) is 2.84. The first-order valence-corrected chi connectivity index (χ1v) is 4.80. The van der Waals surface area contributed by atoms with E-state index in [4.69, 9.17) is 9.84 Å². The van der Waals surface area contributed by atoms with Crippen LogP contribution in [-0.2, 0) is 0 Å². The minimum atomic E-state index is -0.397. The Morgan fingerprint density at radius 1 is 1.47 bits per heavy atom. The quantitative estimate of drug-likeness (QED) is 0.769. The first-order chi connectivity index (χ1) is 7.29. The summed E-state index contributed by atoms with van der Waals surface area (Å²) in [7, 11) is 0. The first kappa shape index (κ1) is 11.5. The summed E-state index contributed by atoms with van der Waals surface area (Å²) in [5, 5.41) is 8.61. The monoisotopic (exact) mass is 208 g/mol. The molecule has 3 heteroatoms. The molecule has 15 heavy (non-hydrogen) atoms. The molecule has 1 aromatic carbocycles. The molecule has 1 aromatic rings. The zero-order valence-corrected chi connectivity index (χ0v) is 8.59. The molecule has 1 rings (SSSR count). The van der Waals surface area contributed by atoms with Gasteiger partial charge < -0.3 is 9.84 Å². The van der Waals surface area contributed by atoms with Crippen LogP contribution in [0.2, 0.25) is 0 Å². The fourth-order valence-electron chi connectivity index (χ4n) is 1.08. The Labute approximate surface area is 88.7 Å². The highest BCUT2D eigenvalue weighted by Crippen LogP contribution is 2.20.